The Bertz CT molecular complexity index is 318. The van der Waals surface area contributed by atoms with Gasteiger partial charge in [-0.25, -0.2) is 0 Å². The van der Waals surface area contributed by atoms with Crippen molar-refractivity contribution in [1.29, 1.82) is 0 Å². The highest BCUT2D eigenvalue weighted by molar-refractivity contribution is 5.86. The van der Waals surface area contributed by atoms with Gasteiger partial charge in [0, 0.05) is 6.42 Å². The third-order valence-corrected chi connectivity index (χ3v) is 2.43. The molecule has 14 heavy (non-hydrogen) atoms. The van der Waals surface area contributed by atoms with Crippen molar-refractivity contribution in [1.82, 2.24) is 0 Å². The minimum Gasteiger partial charge on any atom is -0.356 e. The molecule has 0 spiro atoms. The van der Waals surface area contributed by atoms with Crippen molar-refractivity contribution < 1.29 is 9.53 Å². The maximum absolute atomic E-state index is 11.5. The Morgan fingerprint density at radius 3 is 2.71 bits per heavy atom. The number of ketones is 1. The summed E-state index contributed by atoms with van der Waals surface area (Å²) in [5.74, 6) is 0.237. The second kappa shape index (κ2) is 3.93. The lowest BCUT2D eigenvalue weighted by molar-refractivity contribution is -0.120. The van der Waals surface area contributed by atoms with Crippen LogP contribution >= 0.6 is 0 Å². The van der Waals surface area contributed by atoms with E-state index in [2.05, 4.69) is 0 Å². The van der Waals surface area contributed by atoms with Crippen LogP contribution in [-0.2, 0) is 9.53 Å². The van der Waals surface area contributed by atoms with Gasteiger partial charge in [0.05, 0.1) is 0 Å². The number of hydrogen-bond donors (Lipinski definition) is 0. The molecule has 1 aromatic rings. The van der Waals surface area contributed by atoms with E-state index in [0.717, 1.165) is 12.0 Å². The van der Waals surface area contributed by atoms with E-state index in [9.17, 15) is 4.79 Å². The molecule has 1 heterocycles. The van der Waals surface area contributed by atoms with Crippen LogP contribution in [0.5, 0.6) is 0 Å². The Labute approximate surface area is 83.9 Å². The molecule has 0 aromatic heterocycles. The van der Waals surface area contributed by atoms with Gasteiger partial charge in [0.2, 0.25) is 0 Å². The zero-order chi connectivity index (χ0) is 9.97. The van der Waals surface area contributed by atoms with Gasteiger partial charge in [0.25, 0.3) is 0 Å². The van der Waals surface area contributed by atoms with Crippen LogP contribution in [0.25, 0.3) is 0 Å². The van der Waals surface area contributed by atoms with E-state index in [0.29, 0.717) is 6.42 Å². The van der Waals surface area contributed by atoms with Crippen LogP contribution in [0, 0.1) is 0 Å². The first-order valence-corrected chi connectivity index (χ1v) is 5.06. The summed E-state index contributed by atoms with van der Waals surface area (Å²) in [7, 11) is 0. The SMILES string of the molecule is CCCC(=O)[C@@H]1O[C@@H]1c1ccccc1. The third kappa shape index (κ3) is 1.85. The fraction of sp³-hybridized carbons (Fsp3) is 0.417. The average molecular weight is 190 g/mol. The summed E-state index contributed by atoms with van der Waals surface area (Å²) < 4.78 is 5.37. The fourth-order valence-corrected chi connectivity index (χ4v) is 1.64. The molecular formula is C12H14O2. The number of Topliss-reactive ketones (excluding diaryl/α,β-unsaturated/α-hetero) is 1. The third-order valence-electron chi connectivity index (χ3n) is 2.43. The Kier molecular flexibility index (Phi) is 2.64. The molecule has 2 nitrogen and oxygen atoms in total. The smallest absolute Gasteiger partial charge is 0.164 e. The minimum atomic E-state index is -0.169. The van der Waals surface area contributed by atoms with E-state index in [1.54, 1.807) is 0 Å². The van der Waals surface area contributed by atoms with E-state index >= 15 is 0 Å². The van der Waals surface area contributed by atoms with Crippen LogP contribution in [0.15, 0.2) is 30.3 Å². The maximum atomic E-state index is 11.5. The van der Waals surface area contributed by atoms with Gasteiger partial charge in [-0.05, 0) is 12.0 Å². The average Bonchev–Trinajstić information content (AvgIpc) is 2.99. The summed E-state index contributed by atoms with van der Waals surface area (Å²) in [5, 5.41) is 0. The lowest BCUT2D eigenvalue weighted by atomic mass is 10.1. The van der Waals surface area contributed by atoms with E-state index in [4.69, 9.17) is 4.74 Å². The van der Waals surface area contributed by atoms with Crippen molar-refractivity contribution in [2.24, 2.45) is 0 Å². The summed E-state index contributed by atoms with van der Waals surface area (Å²) >= 11 is 0. The summed E-state index contributed by atoms with van der Waals surface area (Å²) in [6, 6.07) is 9.92. The molecule has 1 saturated heterocycles. The predicted octanol–water partition coefficient (Wildman–Crippen LogP) is 2.50. The van der Waals surface area contributed by atoms with Crippen LogP contribution in [0.2, 0.25) is 0 Å². The van der Waals surface area contributed by atoms with Gasteiger partial charge in [-0.15, -0.1) is 0 Å². The van der Waals surface area contributed by atoms with Crippen molar-refractivity contribution in [3.05, 3.63) is 35.9 Å². The lowest BCUT2D eigenvalue weighted by Crippen LogP contribution is -2.06. The van der Waals surface area contributed by atoms with Gasteiger partial charge in [-0.2, -0.15) is 0 Å². The molecule has 1 aromatic carbocycles. The van der Waals surface area contributed by atoms with E-state index in [-0.39, 0.29) is 18.0 Å². The van der Waals surface area contributed by atoms with Crippen LogP contribution in [0.1, 0.15) is 31.4 Å². The maximum Gasteiger partial charge on any atom is 0.164 e. The second-order valence-electron chi connectivity index (χ2n) is 3.60. The topological polar surface area (TPSA) is 29.6 Å². The zero-order valence-electron chi connectivity index (χ0n) is 8.27. The number of carbonyl (C=O) groups excluding carboxylic acids is 1. The van der Waals surface area contributed by atoms with E-state index in [1.807, 2.05) is 37.3 Å². The molecule has 0 amide bonds. The molecule has 2 atom stereocenters. The molecule has 1 fully saturated rings. The lowest BCUT2D eigenvalue weighted by Gasteiger charge is -1.94. The molecular weight excluding hydrogens is 176 g/mol. The van der Waals surface area contributed by atoms with Crippen LogP contribution in [0.4, 0.5) is 0 Å². The molecule has 2 heteroatoms. The fourth-order valence-electron chi connectivity index (χ4n) is 1.64. The molecule has 2 rings (SSSR count). The largest absolute Gasteiger partial charge is 0.356 e. The van der Waals surface area contributed by atoms with Crippen molar-refractivity contribution in [3.8, 4) is 0 Å². The Morgan fingerprint density at radius 2 is 2.07 bits per heavy atom. The van der Waals surface area contributed by atoms with Gasteiger partial charge < -0.3 is 4.74 Å². The van der Waals surface area contributed by atoms with Gasteiger partial charge in [0.15, 0.2) is 5.78 Å². The van der Waals surface area contributed by atoms with Crippen LogP contribution in [0.3, 0.4) is 0 Å². The first-order valence-electron chi connectivity index (χ1n) is 5.06. The van der Waals surface area contributed by atoms with Crippen molar-refractivity contribution in [2.45, 2.75) is 32.0 Å². The number of epoxide rings is 1. The molecule has 0 radical (unpaired) electrons. The monoisotopic (exact) mass is 190 g/mol. The highest BCUT2D eigenvalue weighted by Crippen LogP contribution is 2.39. The number of hydrogen-bond acceptors (Lipinski definition) is 2. The second-order valence-corrected chi connectivity index (χ2v) is 3.60. The molecule has 0 bridgehead atoms. The van der Waals surface area contributed by atoms with Crippen LogP contribution < -0.4 is 0 Å². The molecule has 74 valence electrons. The zero-order valence-corrected chi connectivity index (χ0v) is 8.27. The van der Waals surface area contributed by atoms with Crippen molar-refractivity contribution >= 4 is 5.78 Å². The quantitative estimate of drug-likeness (QED) is 0.683. The van der Waals surface area contributed by atoms with E-state index in [1.165, 1.54) is 0 Å². The number of carbonyl (C=O) groups is 1. The molecule has 0 N–H and O–H groups in total. The van der Waals surface area contributed by atoms with Gasteiger partial charge in [0.1, 0.15) is 12.2 Å². The molecule has 1 aliphatic rings. The molecule has 0 saturated carbocycles. The molecule has 0 unspecified atom stereocenters. The summed E-state index contributed by atoms with van der Waals surface area (Å²) in [6.45, 7) is 2.01. The normalized spacial score (nSPS) is 24.6. The Balaban J connectivity index is 1.96. The predicted molar refractivity (Wildman–Crippen MR) is 54.0 cm³/mol. The highest BCUT2D eigenvalue weighted by atomic mass is 16.6. The Morgan fingerprint density at radius 1 is 1.36 bits per heavy atom. The molecule has 0 aliphatic carbocycles. The van der Waals surface area contributed by atoms with Crippen LogP contribution in [-0.4, -0.2) is 11.9 Å². The first kappa shape index (κ1) is 9.41. The number of benzene rings is 1. The summed E-state index contributed by atoms with van der Waals surface area (Å²) in [5.41, 5.74) is 1.11. The highest BCUT2D eigenvalue weighted by Gasteiger charge is 2.44. The minimum absolute atomic E-state index is 0.0234. The number of rotatable bonds is 4. The van der Waals surface area contributed by atoms with E-state index < -0.39 is 0 Å². The summed E-state index contributed by atoms with van der Waals surface area (Å²) in [6.07, 6.45) is 1.39. The first-order chi connectivity index (χ1) is 6.83. The van der Waals surface area contributed by atoms with Gasteiger partial charge in [-0.3, -0.25) is 4.79 Å². The van der Waals surface area contributed by atoms with Gasteiger partial charge in [-0.1, -0.05) is 37.3 Å². The standard InChI is InChI=1S/C12H14O2/c1-2-6-10(13)12-11(14-12)9-7-4-3-5-8-9/h3-5,7-8,11-12H,2,6H2,1H3/t11-,12+/m1/s1. The van der Waals surface area contributed by atoms with Crippen molar-refractivity contribution in [2.75, 3.05) is 0 Å². The van der Waals surface area contributed by atoms with Crippen molar-refractivity contribution in [3.63, 3.8) is 0 Å². The molecule has 1 aliphatic heterocycles. The summed E-state index contributed by atoms with van der Waals surface area (Å²) in [4.78, 5) is 11.5. The number of ether oxygens (including phenoxy) is 1. The Hall–Kier alpha value is -1.15. The van der Waals surface area contributed by atoms with Gasteiger partial charge >= 0.3 is 0 Å².